The predicted molar refractivity (Wildman–Crippen MR) is 90.5 cm³/mol. The molecule has 1 heterocycles. The molecule has 0 unspecified atom stereocenters. The highest BCUT2D eigenvalue weighted by atomic mass is 16.4. The lowest BCUT2D eigenvalue weighted by Crippen LogP contribution is -3.18. The van der Waals surface area contributed by atoms with E-state index in [9.17, 15) is 14.7 Å². The quantitative estimate of drug-likeness (QED) is 0.833. The van der Waals surface area contributed by atoms with E-state index in [2.05, 4.69) is 5.32 Å². The standard InChI is InChI=1S/C19H22N2O3/c22-18(13-17(19(23)24)21-10-4-1-5-11-21)20-16-9-8-14-6-2-3-7-15(14)12-16/h2-3,6-9,12,17H,1,4-5,10-11,13H2,(H,20,22)(H,23,24)/t17-/m0/s1. The number of carboxylic acid groups (broad SMARTS) is 1. The number of hydrogen-bond donors (Lipinski definition) is 2. The normalized spacial score (nSPS) is 16.7. The lowest BCUT2D eigenvalue weighted by molar-refractivity contribution is -0.922. The summed E-state index contributed by atoms with van der Waals surface area (Å²) in [5, 5.41) is 16.4. The molecular weight excluding hydrogens is 304 g/mol. The molecule has 1 saturated heterocycles. The summed E-state index contributed by atoms with van der Waals surface area (Å²) in [6, 6.07) is 12.8. The van der Waals surface area contributed by atoms with E-state index in [0.717, 1.165) is 48.0 Å². The highest BCUT2D eigenvalue weighted by Crippen LogP contribution is 2.19. The maximum absolute atomic E-state index is 12.3. The minimum Gasteiger partial charge on any atom is -0.544 e. The number of rotatable bonds is 5. The Hall–Kier alpha value is -2.40. The summed E-state index contributed by atoms with van der Waals surface area (Å²) in [7, 11) is 0. The first-order chi connectivity index (χ1) is 11.6. The van der Waals surface area contributed by atoms with Crippen LogP contribution >= 0.6 is 0 Å². The Kier molecular flexibility index (Phi) is 5.11. The number of hydrogen-bond acceptors (Lipinski definition) is 3. The van der Waals surface area contributed by atoms with E-state index in [4.69, 9.17) is 0 Å². The topological polar surface area (TPSA) is 73.7 Å². The summed E-state index contributed by atoms with van der Waals surface area (Å²) in [6.07, 6.45) is 3.09. The fourth-order valence-electron chi connectivity index (χ4n) is 3.41. The zero-order valence-corrected chi connectivity index (χ0v) is 13.6. The van der Waals surface area contributed by atoms with Crippen molar-refractivity contribution >= 4 is 28.3 Å². The average molecular weight is 326 g/mol. The third-order valence-corrected chi connectivity index (χ3v) is 4.70. The first kappa shape index (κ1) is 16.5. The van der Waals surface area contributed by atoms with E-state index in [1.54, 1.807) is 0 Å². The van der Waals surface area contributed by atoms with Gasteiger partial charge in [-0.2, -0.15) is 0 Å². The number of amides is 1. The van der Waals surface area contributed by atoms with Crippen LogP contribution in [0.25, 0.3) is 10.8 Å². The number of carbonyl (C=O) groups is 2. The van der Waals surface area contributed by atoms with Gasteiger partial charge in [0.05, 0.1) is 25.5 Å². The number of aliphatic carboxylic acids is 1. The molecule has 0 spiro atoms. The van der Waals surface area contributed by atoms with Gasteiger partial charge in [-0.05, 0) is 42.2 Å². The third-order valence-electron chi connectivity index (χ3n) is 4.70. The number of nitrogens with one attached hydrogen (secondary N) is 2. The second-order valence-corrected chi connectivity index (χ2v) is 6.40. The molecule has 1 amide bonds. The molecule has 0 radical (unpaired) electrons. The van der Waals surface area contributed by atoms with Crippen LogP contribution in [0.15, 0.2) is 42.5 Å². The van der Waals surface area contributed by atoms with Crippen LogP contribution in [-0.2, 0) is 9.59 Å². The van der Waals surface area contributed by atoms with Crippen LogP contribution in [0.3, 0.4) is 0 Å². The SMILES string of the molecule is O=C(C[C@@H](C(=O)[O-])[NH+]1CCCCC1)Nc1ccc2ccccc2c1. The van der Waals surface area contributed by atoms with Gasteiger partial charge in [-0.3, -0.25) is 4.79 Å². The molecule has 5 nitrogen and oxygen atoms in total. The molecule has 3 rings (SSSR count). The Labute approximate surface area is 141 Å². The highest BCUT2D eigenvalue weighted by molar-refractivity contribution is 5.96. The van der Waals surface area contributed by atoms with Gasteiger partial charge in [-0.25, -0.2) is 0 Å². The fraction of sp³-hybridized carbons (Fsp3) is 0.368. The Bertz CT molecular complexity index is 738. The summed E-state index contributed by atoms with van der Waals surface area (Å²) >= 11 is 0. The van der Waals surface area contributed by atoms with Crippen molar-refractivity contribution < 1.29 is 19.6 Å². The molecule has 0 aliphatic carbocycles. The molecular formula is C19H22N2O3. The predicted octanol–water partition coefficient (Wildman–Crippen LogP) is 0.356. The minimum absolute atomic E-state index is 0.0511. The van der Waals surface area contributed by atoms with Gasteiger partial charge in [0.1, 0.15) is 6.04 Å². The third kappa shape index (κ3) is 3.92. The van der Waals surface area contributed by atoms with Crippen LogP contribution < -0.4 is 15.3 Å². The average Bonchev–Trinajstić information content (AvgIpc) is 2.60. The number of carboxylic acids is 1. The molecule has 0 saturated carbocycles. The van der Waals surface area contributed by atoms with Crippen LogP contribution in [0.4, 0.5) is 5.69 Å². The summed E-state index contributed by atoms with van der Waals surface area (Å²) < 4.78 is 0. The molecule has 1 atom stereocenters. The largest absolute Gasteiger partial charge is 0.544 e. The van der Waals surface area contributed by atoms with Gasteiger partial charge in [-0.15, -0.1) is 0 Å². The first-order valence-corrected chi connectivity index (χ1v) is 8.47. The highest BCUT2D eigenvalue weighted by Gasteiger charge is 2.27. The van der Waals surface area contributed by atoms with E-state index in [0.29, 0.717) is 5.69 Å². The van der Waals surface area contributed by atoms with Crippen molar-refractivity contribution in [3.63, 3.8) is 0 Å². The first-order valence-electron chi connectivity index (χ1n) is 8.47. The van der Waals surface area contributed by atoms with E-state index >= 15 is 0 Å². The van der Waals surface area contributed by atoms with Crippen LogP contribution in [0.2, 0.25) is 0 Å². The summed E-state index contributed by atoms with van der Waals surface area (Å²) in [5.41, 5.74) is 0.685. The van der Waals surface area contributed by atoms with Crippen molar-refractivity contribution in [3.05, 3.63) is 42.5 Å². The molecule has 2 N–H and O–H groups in total. The molecule has 1 fully saturated rings. The zero-order valence-electron chi connectivity index (χ0n) is 13.6. The van der Waals surface area contributed by atoms with Gasteiger partial charge >= 0.3 is 0 Å². The Balaban J connectivity index is 1.67. The Morgan fingerprint density at radius 2 is 1.75 bits per heavy atom. The molecule has 24 heavy (non-hydrogen) atoms. The number of fused-ring (bicyclic) bond motifs is 1. The van der Waals surface area contributed by atoms with E-state index in [1.807, 2.05) is 42.5 Å². The lowest BCUT2D eigenvalue weighted by Gasteiger charge is -2.31. The number of piperidine rings is 1. The van der Waals surface area contributed by atoms with Crippen molar-refractivity contribution in [1.29, 1.82) is 0 Å². The smallest absolute Gasteiger partial charge is 0.230 e. The van der Waals surface area contributed by atoms with Gasteiger partial charge in [0.25, 0.3) is 0 Å². The Morgan fingerprint density at radius 1 is 1.04 bits per heavy atom. The molecule has 126 valence electrons. The zero-order chi connectivity index (χ0) is 16.9. The van der Waals surface area contributed by atoms with Gasteiger partial charge in [0, 0.05) is 5.69 Å². The molecule has 1 aliphatic heterocycles. The molecule has 0 bridgehead atoms. The number of benzene rings is 2. The number of likely N-dealkylation sites (tertiary alicyclic amines) is 1. The van der Waals surface area contributed by atoms with Crippen molar-refractivity contribution in [2.24, 2.45) is 0 Å². The van der Waals surface area contributed by atoms with Crippen molar-refractivity contribution in [3.8, 4) is 0 Å². The molecule has 1 aliphatic rings. The van der Waals surface area contributed by atoms with Gasteiger partial charge < -0.3 is 20.1 Å². The second kappa shape index (κ2) is 7.45. The lowest BCUT2D eigenvalue weighted by atomic mass is 10.1. The number of anilines is 1. The van der Waals surface area contributed by atoms with Crippen molar-refractivity contribution in [1.82, 2.24) is 0 Å². The van der Waals surface area contributed by atoms with Gasteiger partial charge in [-0.1, -0.05) is 30.3 Å². The van der Waals surface area contributed by atoms with Gasteiger partial charge in [0.15, 0.2) is 0 Å². The molecule has 2 aromatic carbocycles. The fourth-order valence-corrected chi connectivity index (χ4v) is 3.41. The van der Waals surface area contributed by atoms with Crippen molar-refractivity contribution in [2.45, 2.75) is 31.7 Å². The van der Waals surface area contributed by atoms with Gasteiger partial charge in [0.2, 0.25) is 5.91 Å². The monoisotopic (exact) mass is 326 g/mol. The maximum Gasteiger partial charge on any atom is 0.230 e. The van der Waals surface area contributed by atoms with E-state index in [1.165, 1.54) is 0 Å². The van der Waals surface area contributed by atoms with E-state index in [-0.39, 0.29) is 12.3 Å². The molecule has 5 heteroatoms. The summed E-state index contributed by atoms with van der Waals surface area (Å²) in [6.45, 7) is 1.59. The number of carbonyl (C=O) groups excluding carboxylic acids is 2. The Morgan fingerprint density at radius 3 is 2.46 bits per heavy atom. The maximum atomic E-state index is 12.3. The summed E-state index contributed by atoms with van der Waals surface area (Å²) in [5.74, 6) is -1.42. The molecule has 2 aromatic rings. The van der Waals surface area contributed by atoms with Crippen LogP contribution in [-0.4, -0.2) is 31.0 Å². The molecule has 0 aromatic heterocycles. The summed E-state index contributed by atoms with van der Waals surface area (Å²) in [4.78, 5) is 24.7. The second-order valence-electron chi connectivity index (χ2n) is 6.40. The van der Waals surface area contributed by atoms with Crippen molar-refractivity contribution in [2.75, 3.05) is 18.4 Å². The van der Waals surface area contributed by atoms with E-state index < -0.39 is 12.0 Å². The minimum atomic E-state index is -1.14. The van der Waals surface area contributed by atoms with Crippen LogP contribution in [0.5, 0.6) is 0 Å². The van der Waals surface area contributed by atoms with Crippen LogP contribution in [0, 0.1) is 0 Å². The number of quaternary nitrogens is 1. The van der Waals surface area contributed by atoms with Crippen LogP contribution in [0.1, 0.15) is 25.7 Å².